The summed E-state index contributed by atoms with van der Waals surface area (Å²) in [6.07, 6.45) is 2.71. The van der Waals surface area contributed by atoms with Crippen molar-refractivity contribution in [3.05, 3.63) is 0 Å². The molecule has 1 aliphatic heterocycles. The van der Waals surface area contributed by atoms with Gasteiger partial charge in [-0.15, -0.1) is 0 Å². The lowest BCUT2D eigenvalue weighted by Gasteiger charge is -2.13. The SMILES string of the molecule is O=S1(=O)CCCCC(O)C2CC21. The van der Waals surface area contributed by atoms with Crippen molar-refractivity contribution in [2.45, 2.75) is 37.0 Å². The molecule has 1 saturated heterocycles. The van der Waals surface area contributed by atoms with Crippen LogP contribution in [0.3, 0.4) is 0 Å². The Labute approximate surface area is 72.7 Å². The van der Waals surface area contributed by atoms with Gasteiger partial charge in [-0.2, -0.15) is 0 Å². The predicted molar refractivity (Wildman–Crippen MR) is 45.5 cm³/mol. The van der Waals surface area contributed by atoms with Crippen molar-refractivity contribution >= 4 is 9.84 Å². The van der Waals surface area contributed by atoms with Gasteiger partial charge in [0, 0.05) is 5.92 Å². The molecule has 0 bridgehead atoms. The van der Waals surface area contributed by atoms with Crippen LogP contribution in [0, 0.1) is 5.92 Å². The zero-order chi connectivity index (χ0) is 8.77. The maximum absolute atomic E-state index is 11.4. The van der Waals surface area contributed by atoms with Crippen LogP contribution < -0.4 is 0 Å². The summed E-state index contributed by atoms with van der Waals surface area (Å²) in [6.45, 7) is 0. The van der Waals surface area contributed by atoms with E-state index >= 15 is 0 Å². The molecule has 12 heavy (non-hydrogen) atoms. The Bertz CT molecular complexity index is 270. The predicted octanol–water partition coefficient (Wildman–Crippen LogP) is 0.335. The third kappa shape index (κ3) is 1.38. The minimum Gasteiger partial charge on any atom is -0.393 e. The number of rotatable bonds is 0. The Kier molecular flexibility index (Phi) is 1.92. The molecule has 3 nitrogen and oxygen atoms in total. The van der Waals surface area contributed by atoms with Gasteiger partial charge in [0.1, 0.15) is 0 Å². The van der Waals surface area contributed by atoms with E-state index in [1.54, 1.807) is 0 Å². The van der Waals surface area contributed by atoms with Gasteiger partial charge < -0.3 is 5.11 Å². The van der Waals surface area contributed by atoms with Crippen molar-refractivity contribution in [3.63, 3.8) is 0 Å². The largest absolute Gasteiger partial charge is 0.393 e. The van der Waals surface area contributed by atoms with Crippen molar-refractivity contribution in [2.24, 2.45) is 5.92 Å². The lowest BCUT2D eigenvalue weighted by molar-refractivity contribution is 0.138. The second kappa shape index (κ2) is 2.70. The van der Waals surface area contributed by atoms with Crippen LogP contribution in [0.4, 0.5) is 0 Å². The first kappa shape index (κ1) is 8.51. The molecule has 0 aromatic heterocycles. The van der Waals surface area contributed by atoms with Gasteiger partial charge in [0.15, 0.2) is 9.84 Å². The maximum atomic E-state index is 11.4. The summed E-state index contributed by atoms with van der Waals surface area (Å²) < 4.78 is 22.9. The van der Waals surface area contributed by atoms with E-state index in [1.807, 2.05) is 0 Å². The molecular formula is C8H14O3S. The van der Waals surface area contributed by atoms with Crippen LogP contribution >= 0.6 is 0 Å². The fraction of sp³-hybridized carbons (Fsp3) is 1.00. The van der Waals surface area contributed by atoms with Gasteiger partial charge in [0.25, 0.3) is 0 Å². The van der Waals surface area contributed by atoms with Crippen molar-refractivity contribution in [2.75, 3.05) is 5.75 Å². The van der Waals surface area contributed by atoms with Gasteiger partial charge >= 0.3 is 0 Å². The molecular weight excluding hydrogens is 176 g/mol. The monoisotopic (exact) mass is 190 g/mol. The average molecular weight is 190 g/mol. The van der Waals surface area contributed by atoms with Gasteiger partial charge in [0.2, 0.25) is 0 Å². The molecule has 0 spiro atoms. The second-order valence-corrected chi connectivity index (χ2v) is 6.21. The Morgan fingerprint density at radius 1 is 1.25 bits per heavy atom. The molecule has 2 rings (SSSR count). The van der Waals surface area contributed by atoms with Crippen molar-refractivity contribution in [3.8, 4) is 0 Å². The fourth-order valence-electron chi connectivity index (χ4n) is 2.03. The molecule has 3 unspecified atom stereocenters. The molecule has 1 saturated carbocycles. The summed E-state index contributed by atoms with van der Waals surface area (Å²) in [5.74, 6) is 0.399. The summed E-state index contributed by atoms with van der Waals surface area (Å²) in [7, 11) is -2.84. The number of hydrogen-bond acceptors (Lipinski definition) is 3. The van der Waals surface area contributed by atoms with E-state index in [1.165, 1.54) is 0 Å². The van der Waals surface area contributed by atoms with Crippen LogP contribution in [-0.2, 0) is 9.84 Å². The summed E-state index contributed by atoms with van der Waals surface area (Å²) in [6, 6.07) is 0. The molecule has 1 heterocycles. The molecule has 0 aromatic rings. The molecule has 3 atom stereocenters. The van der Waals surface area contributed by atoms with Gasteiger partial charge in [-0.05, 0) is 25.7 Å². The molecule has 1 aliphatic carbocycles. The smallest absolute Gasteiger partial charge is 0.153 e. The molecule has 0 aromatic carbocycles. The van der Waals surface area contributed by atoms with Crippen LogP contribution in [-0.4, -0.2) is 30.6 Å². The first-order valence-electron chi connectivity index (χ1n) is 4.51. The number of sulfone groups is 1. The topological polar surface area (TPSA) is 54.4 Å². The Morgan fingerprint density at radius 2 is 2.00 bits per heavy atom. The highest BCUT2D eigenvalue weighted by atomic mass is 32.2. The molecule has 70 valence electrons. The van der Waals surface area contributed by atoms with Crippen molar-refractivity contribution in [1.82, 2.24) is 0 Å². The van der Waals surface area contributed by atoms with E-state index in [4.69, 9.17) is 0 Å². The fourth-order valence-corrected chi connectivity index (χ4v) is 4.17. The summed E-state index contributed by atoms with van der Waals surface area (Å²) in [5.41, 5.74) is 0. The number of aliphatic hydroxyl groups is 1. The average Bonchev–Trinajstić information content (AvgIpc) is 2.74. The third-order valence-electron chi connectivity index (χ3n) is 2.91. The minimum atomic E-state index is -2.84. The van der Waals surface area contributed by atoms with Crippen molar-refractivity contribution in [1.29, 1.82) is 0 Å². The van der Waals surface area contributed by atoms with Gasteiger partial charge in [-0.3, -0.25) is 0 Å². The first-order valence-corrected chi connectivity index (χ1v) is 6.22. The Hall–Kier alpha value is -0.0900. The van der Waals surface area contributed by atoms with Crippen LogP contribution in [0.5, 0.6) is 0 Å². The molecule has 0 radical (unpaired) electrons. The minimum absolute atomic E-state index is 0.0651. The van der Waals surface area contributed by atoms with E-state index in [9.17, 15) is 13.5 Å². The summed E-state index contributed by atoms with van der Waals surface area (Å²) >= 11 is 0. The van der Waals surface area contributed by atoms with E-state index < -0.39 is 9.84 Å². The van der Waals surface area contributed by atoms with Crippen LogP contribution in [0.15, 0.2) is 0 Å². The lowest BCUT2D eigenvalue weighted by Crippen LogP contribution is -2.22. The maximum Gasteiger partial charge on any atom is 0.153 e. The highest BCUT2D eigenvalue weighted by Crippen LogP contribution is 2.43. The summed E-state index contributed by atoms with van der Waals surface area (Å²) in [4.78, 5) is 0. The molecule has 0 amide bonds. The Balaban J connectivity index is 2.14. The van der Waals surface area contributed by atoms with Crippen LogP contribution in [0.1, 0.15) is 25.7 Å². The molecule has 2 aliphatic rings. The van der Waals surface area contributed by atoms with Crippen LogP contribution in [0.25, 0.3) is 0 Å². The lowest BCUT2D eigenvalue weighted by atomic mass is 10.1. The third-order valence-corrected chi connectivity index (χ3v) is 5.24. The second-order valence-electron chi connectivity index (χ2n) is 3.87. The number of aliphatic hydroxyl groups excluding tert-OH is 1. The van der Waals surface area contributed by atoms with Gasteiger partial charge in [0.05, 0.1) is 17.1 Å². The molecule has 2 fully saturated rings. The highest BCUT2D eigenvalue weighted by Gasteiger charge is 2.50. The van der Waals surface area contributed by atoms with Crippen molar-refractivity contribution < 1.29 is 13.5 Å². The van der Waals surface area contributed by atoms with Gasteiger partial charge in [-0.25, -0.2) is 8.42 Å². The normalized spacial score (nSPS) is 45.6. The van der Waals surface area contributed by atoms with E-state index in [-0.39, 0.29) is 17.3 Å². The first-order chi connectivity index (χ1) is 5.61. The van der Waals surface area contributed by atoms with E-state index in [0.29, 0.717) is 12.2 Å². The quantitative estimate of drug-likeness (QED) is 0.599. The zero-order valence-electron chi connectivity index (χ0n) is 6.94. The van der Waals surface area contributed by atoms with E-state index in [0.717, 1.165) is 19.3 Å². The molecule has 4 heteroatoms. The van der Waals surface area contributed by atoms with Crippen LogP contribution in [0.2, 0.25) is 0 Å². The van der Waals surface area contributed by atoms with E-state index in [2.05, 4.69) is 0 Å². The molecule has 1 N–H and O–H groups in total. The van der Waals surface area contributed by atoms with Gasteiger partial charge in [-0.1, -0.05) is 0 Å². The Morgan fingerprint density at radius 3 is 2.75 bits per heavy atom. The number of fused-ring (bicyclic) bond motifs is 1. The summed E-state index contributed by atoms with van der Waals surface area (Å²) in [5, 5.41) is 9.29. The zero-order valence-corrected chi connectivity index (χ0v) is 7.76. The highest BCUT2D eigenvalue weighted by molar-refractivity contribution is 7.92. The number of hydrogen-bond donors (Lipinski definition) is 1. The standard InChI is InChI=1S/C8H14O3S/c9-7-3-1-2-4-12(10,11)8-5-6(7)8/h6-9H,1-5H2.